The van der Waals surface area contributed by atoms with E-state index in [4.69, 9.17) is 5.11 Å². The molecule has 0 radical (unpaired) electrons. The minimum atomic E-state index is -1.04. The van der Waals surface area contributed by atoms with Crippen LogP contribution in [0.4, 0.5) is 0 Å². The molecule has 2 aromatic rings. The van der Waals surface area contributed by atoms with Gasteiger partial charge in [-0.05, 0) is 12.1 Å². The van der Waals surface area contributed by atoms with Crippen molar-refractivity contribution in [3.63, 3.8) is 0 Å². The molecule has 1 aromatic heterocycles. The molecule has 1 heterocycles. The number of hydrogen-bond donors (Lipinski definition) is 2. The minimum absolute atomic E-state index is 0.0587. The lowest BCUT2D eigenvalue weighted by Crippen LogP contribution is -2.43. The number of benzene rings is 1. The fourth-order valence-corrected chi connectivity index (χ4v) is 2.11. The number of aromatic nitrogens is 2. The molecular formula is C14H15N3O5. The van der Waals surface area contributed by atoms with E-state index >= 15 is 0 Å². The number of rotatable bonds is 5. The average Bonchev–Trinajstić information content (AvgIpc) is 2.49. The zero-order chi connectivity index (χ0) is 16.3. The number of fused-ring (bicyclic) bond motifs is 1. The quantitative estimate of drug-likeness (QED) is 0.758. The van der Waals surface area contributed by atoms with E-state index in [0.717, 1.165) is 4.57 Å². The highest BCUT2D eigenvalue weighted by atomic mass is 16.4. The number of carboxylic acid groups (broad SMARTS) is 1. The van der Waals surface area contributed by atoms with Crippen molar-refractivity contribution in [1.82, 2.24) is 14.5 Å². The topological polar surface area (TPSA) is 110 Å². The number of hydrogen-bond acceptors (Lipinski definition) is 4. The number of carboxylic acids is 1. The molecule has 0 bridgehead atoms. The molecule has 0 saturated heterocycles. The molecule has 116 valence electrons. The van der Waals surface area contributed by atoms with Gasteiger partial charge in [-0.3, -0.25) is 23.5 Å². The molecule has 0 fully saturated rings. The standard InChI is InChI=1S/C14H15N3O5/c1-16-10-5-3-2-4-9(10)13(21)17(14(16)22)8-11(18)15-7-6-12(19)20/h2-5H,6-8H2,1H3,(H,15,18)(H,19,20). The largest absolute Gasteiger partial charge is 0.481 e. The van der Waals surface area contributed by atoms with E-state index in [2.05, 4.69) is 5.32 Å². The maximum absolute atomic E-state index is 12.3. The van der Waals surface area contributed by atoms with E-state index in [0.29, 0.717) is 10.9 Å². The molecule has 8 heteroatoms. The van der Waals surface area contributed by atoms with Crippen LogP contribution in [0.2, 0.25) is 0 Å². The molecule has 1 amide bonds. The molecular weight excluding hydrogens is 290 g/mol. The Hall–Kier alpha value is -2.90. The Bertz CT molecular complexity index is 850. The summed E-state index contributed by atoms with van der Waals surface area (Å²) in [7, 11) is 1.52. The highest BCUT2D eigenvalue weighted by Gasteiger charge is 2.13. The second-order valence-electron chi connectivity index (χ2n) is 4.74. The first-order valence-electron chi connectivity index (χ1n) is 6.59. The third-order valence-electron chi connectivity index (χ3n) is 3.22. The molecule has 0 aliphatic rings. The molecule has 0 aliphatic carbocycles. The highest BCUT2D eigenvalue weighted by molar-refractivity contribution is 5.79. The predicted molar refractivity (Wildman–Crippen MR) is 78.7 cm³/mol. The summed E-state index contributed by atoms with van der Waals surface area (Å²) in [5.41, 5.74) is -0.663. The Balaban J connectivity index is 2.32. The molecule has 0 aliphatic heterocycles. The lowest BCUT2D eigenvalue weighted by atomic mass is 10.2. The number of carbonyl (C=O) groups excluding carboxylic acids is 1. The summed E-state index contributed by atoms with van der Waals surface area (Å²) in [6.45, 7) is -0.507. The van der Waals surface area contributed by atoms with Gasteiger partial charge in [0.2, 0.25) is 5.91 Å². The lowest BCUT2D eigenvalue weighted by Gasteiger charge is -2.10. The minimum Gasteiger partial charge on any atom is -0.481 e. The van der Waals surface area contributed by atoms with Crippen LogP contribution in [0.25, 0.3) is 10.9 Å². The van der Waals surface area contributed by atoms with Crippen LogP contribution < -0.4 is 16.6 Å². The van der Waals surface area contributed by atoms with E-state index in [1.165, 1.54) is 11.6 Å². The zero-order valence-electron chi connectivity index (χ0n) is 11.9. The van der Waals surface area contributed by atoms with Crippen molar-refractivity contribution >= 4 is 22.8 Å². The number of nitrogens with one attached hydrogen (secondary N) is 1. The average molecular weight is 305 g/mol. The number of carbonyl (C=O) groups is 2. The van der Waals surface area contributed by atoms with E-state index in [1.807, 2.05) is 0 Å². The monoisotopic (exact) mass is 305 g/mol. The van der Waals surface area contributed by atoms with E-state index < -0.39 is 29.7 Å². The third-order valence-corrected chi connectivity index (χ3v) is 3.22. The molecule has 0 spiro atoms. The van der Waals surface area contributed by atoms with Crippen molar-refractivity contribution in [1.29, 1.82) is 0 Å². The molecule has 8 nitrogen and oxygen atoms in total. The maximum Gasteiger partial charge on any atom is 0.331 e. The van der Waals surface area contributed by atoms with Gasteiger partial charge in [-0.2, -0.15) is 0 Å². The summed E-state index contributed by atoms with van der Waals surface area (Å²) in [6.07, 6.45) is -0.226. The van der Waals surface area contributed by atoms with Gasteiger partial charge < -0.3 is 10.4 Å². The fourth-order valence-electron chi connectivity index (χ4n) is 2.11. The first kappa shape index (κ1) is 15.5. The second-order valence-corrected chi connectivity index (χ2v) is 4.74. The zero-order valence-corrected chi connectivity index (χ0v) is 11.9. The van der Waals surface area contributed by atoms with E-state index in [9.17, 15) is 19.2 Å². The molecule has 2 rings (SSSR count). The molecule has 1 aromatic carbocycles. The lowest BCUT2D eigenvalue weighted by molar-refractivity contribution is -0.136. The van der Waals surface area contributed by atoms with Gasteiger partial charge >= 0.3 is 11.7 Å². The van der Waals surface area contributed by atoms with Crippen LogP contribution in [-0.2, 0) is 23.2 Å². The van der Waals surface area contributed by atoms with Crippen LogP contribution >= 0.6 is 0 Å². The summed E-state index contributed by atoms with van der Waals surface area (Å²) in [5, 5.41) is 11.2. The van der Waals surface area contributed by atoms with Crippen LogP contribution in [0.1, 0.15) is 6.42 Å². The van der Waals surface area contributed by atoms with Gasteiger partial charge in [-0.15, -0.1) is 0 Å². The van der Waals surface area contributed by atoms with Crippen molar-refractivity contribution in [2.24, 2.45) is 7.05 Å². The summed E-state index contributed by atoms with van der Waals surface area (Å²) in [6, 6.07) is 6.61. The smallest absolute Gasteiger partial charge is 0.331 e. The molecule has 0 saturated carbocycles. The summed E-state index contributed by atoms with van der Waals surface area (Å²) >= 11 is 0. The first-order chi connectivity index (χ1) is 10.4. The highest BCUT2D eigenvalue weighted by Crippen LogP contribution is 2.05. The van der Waals surface area contributed by atoms with Crippen LogP contribution in [0, 0.1) is 0 Å². The van der Waals surface area contributed by atoms with Crippen LogP contribution in [0.15, 0.2) is 33.9 Å². The Morgan fingerprint density at radius 1 is 1.23 bits per heavy atom. The fraction of sp³-hybridized carbons (Fsp3) is 0.286. The SMILES string of the molecule is Cn1c(=O)n(CC(=O)NCCC(=O)O)c(=O)c2ccccc21. The summed E-state index contributed by atoms with van der Waals surface area (Å²) in [4.78, 5) is 46.6. The number of amides is 1. The van der Waals surface area contributed by atoms with Gasteiger partial charge in [0.25, 0.3) is 5.56 Å². The predicted octanol–water partition coefficient (Wildman–Crippen LogP) is -0.709. The van der Waals surface area contributed by atoms with Gasteiger partial charge in [0.1, 0.15) is 6.54 Å². The summed E-state index contributed by atoms with van der Waals surface area (Å²) < 4.78 is 2.12. The van der Waals surface area contributed by atoms with E-state index in [-0.39, 0.29) is 13.0 Å². The van der Waals surface area contributed by atoms with Crippen molar-refractivity contribution in [3.8, 4) is 0 Å². The van der Waals surface area contributed by atoms with Crippen LogP contribution in [-0.4, -0.2) is 32.7 Å². The van der Waals surface area contributed by atoms with Crippen LogP contribution in [0.3, 0.4) is 0 Å². The number of aryl methyl sites for hydroxylation is 1. The van der Waals surface area contributed by atoms with Gasteiger partial charge in [0.05, 0.1) is 17.3 Å². The second kappa shape index (κ2) is 6.25. The number of nitrogens with zero attached hydrogens (tertiary/aromatic N) is 2. The van der Waals surface area contributed by atoms with Crippen molar-refractivity contribution < 1.29 is 14.7 Å². The van der Waals surface area contributed by atoms with Crippen molar-refractivity contribution in [2.75, 3.05) is 6.54 Å². The first-order valence-corrected chi connectivity index (χ1v) is 6.59. The normalized spacial score (nSPS) is 10.6. The Labute approximate surface area is 124 Å². The van der Waals surface area contributed by atoms with E-state index in [1.54, 1.807) is 24.3 Å². The molecule has 22 heavy (non-hydrogen) atoms. The Morgan fingerprint density at radius 2 is 1.91 bits per heavy atom. The maximum atomic E-state index is 12.3. The van der Waals surface area contributed by atoms with Gasteiger partial charge in [0, 0.05) is 13.6 Å². The number of aliphatic carboxylic acids is 1. The van der Waals surface area contributed by atoms with Crippen molar-refractivity contribution in [3.05, 3.63) is 45.1 Å². The molecule has 0 unspecified atom stereocenters. The third kappa shape index (κ3) is 3.05. The molecule has 0 atom stereocenters. The van der Waals surface area contributed by atoms with Gasteiger partial charge in [0.15, 0.2) is 0 Å². The summed E-state index contributed by atoms with van der Waals surface area (Å²) in [5.74, 6) is -1.63. The van der Waals surface area contributed by atoms with Crippen molar-refractivity contribution in [2.45, 2.75) is 13.0 Å². The van der Waals surface area contributed by atoms with Gasteiger partial charge in [-0.1, -0.05) is 12.1 Å². The van der Waals surface area contributed by atoms with Gasteiger partial charge in [-0.25, -0.2) is 4.79 Å². The Kier molecular flexibility index (Phi) is 4.40. The number of para-hydroxylation sites is 1. The Morgan fingerprint density at radius 3 is 2.59 bits per heavy atom. The molecule has 2 N–H and O–H groups in total. The van der Waals surface area contributed by atoms with Crippen LogP contribution in [0.5, 0.6) is 0 Å².